The van der Waals surface area contributed by atoms with E-state index in [9.17, 15) is 14.7 Å². The Morgan fingerprint density at radius 1 is 1.30 bits per heavy atom. The molecule has 104 valence electrons. The van der Waals surface area contributed by atoms with Crippen molar-refractivity contribution in [3.8, 4) is 5.88 Å². The molecule has 1 heterocycles. The number of benzene rings is 1. The molecule has 0 aliphatic rings. The number of hydrogen-bond donors (Lipinski definition) is 3. The number of aromatic nitrogens is 2. The highest BCUT2D eigenvalue weighted by molar-refractivity contribution is 7.99. The van der Waals surface area contributed by atoms with Crippen LogP contribution >= 0.6 is 11.8 Å². The van der Waals surface area contributed by atoms with Gasteiger partial charge in [-0.1, -0.05) is 42.1 Å². The smallest absolute Gasteiger partial charge is 0.313 e. The van der Waals surface area contributed by atoms with E-state index in [-0.39, 0.29) is 28.8 Å². The number of H-pyrrole nitrogens is 1. The summed E-state index contributed by atoms with van der Waals surface area (Å²) in [5.74, 6) is -1.63. The molecule has 0 bridgehead atoms. The lowest BCUT2D eigenvalue weighted by molar-refractivity contribution is -0.133. The molecule has 0 saturated carbocycles. The van der Waals surface area contributed by atoms with Crippen LogP contribution in [0.1, 0.15) is 11.1 Å². The molecular formula is C13H12N2O4S. The van der Waals surface area contributed by atoms with Gasteiger partial charge in [-0.2, -0.15) is 4.98 Å². The van der Waals surface area contributed by atoms with E-state index < -0.39 is 11.5 Å². The first kappa shape index (κ1) is 14.1. The molecule has 3 N–H and O–H groups in total. The lowest BCUT2D eigenvalue weighted by Crippen LogP contribution is -2.16. The topological polar surface area (TPSA) is 103 Å². The number of thioether (sulfide) groups is 1. The van der Waals surface area contributed by atoms with E-state index in [4.69, 9.17) is 5.11 Å². The number of hydrogen-bond acceptors (Lipinski definition) is 5. The first-order valence-electron chi connectivity index (χ1n) is 5.77. The van der Waals surface area contributed by atoms with Crippen molar-refractivity contribution >= 4 is 17.7 Å². The molecule has 2 aromatic rings. The van der Waals surface area contributed by atoms with Crippen molar-refractivity contribution in [3.63, 3.8) is 0 Å². The molecule has 0 aliphatic carbocycles. The molecule has 7 heteroatoms. The second-order valence-corrected chi connectivity index (χ2v) is 4.98. The van der Waals surface area contributed by atoms with Crippen molar-refractivity contribution in [3.05, 3.63) is 51.8 Å². The normalized spacial score (nSPS) is 10.4. The number of carboxylic acid groups (broad SMARTS) is 1. The summed E-state index contributed by atoms with van der Waals surface area (Å²) in [6, 6.07) is 9.21. The SMILES string of the molecule is O=C(O)CSc1nc(O)c(Cc2ccccc2)c(=O)[nH]1. The van der Waals surface area contributed by atoms with Crippen molar-refractivity contribution in [2.24, 2.45) is 0 Å². The van der Waals surface area contributed by atoms with E-state index in [0.29, 0.717) is 0 Å². The summed E-state index contributed by atoms with van der Waals surface area (Å²) in [4.78, 5) is 28.6. The molecular weight excluding hydrogens is 280 g/mol. The lowest BCUT2D eigenvalue weighted by atomic mass is 10.1. The predicted octanol–water partition coefficient (Wildman–Crippen LogP) is 1.24. The van der Waals surface area contributed by atoms with E-state index >= 15 is 0 Å². The molecule has 1 aromatic heterocycles. The molecule has 2 rings (SSSR count). The van der Waals surface area contributed by atoms with Crippen molar-refractivity contribution in [2.75, 3.05) is 5.75 Å². The zero-order chi connectivity index (χ0) is 14.5. The quantitative estimate of drug-likeness (QED) is 0.566. The van der Waals surface area contributed by atoms with Crippen LogP contribution in [0.25, 0.3) is 0 Å². The van der Waals surface area contributed by atoms with Crippen LogP contribution in [-0.2, 0) is 11.2 Å². The van der Waals surface area contributed by atoms with E-state index in [2.05, 4.69) is 9.97 Å². The monoisotopic (exact) mass is 292 g/mol. The Labute approximate surface area is 118 Å². The average Bonchev–Trinajstić information content (AvgIpc) is 2.42. The maximum absolute atomic E-state index is 11.9. The van der Waals surface area contributed by atoms with E-state index in [1.54, 1.807) is 0 Å². The standard InChI is InChI=1S/C13H12N2O4S/c16-10(17)7-20-13-14-11(18)9(12(19)15-13)6-8-4-2-1-3-5-8/h1-5H,6-7H2,(H,16,17)(H2,14,15,18,19). The Hall–Kier alpha value is -2.28. The highest BCUT2D eigenvalue weighted by Gasteiger charge is 2.12. The Morgan fingerprint density at radius 2 is 2.00 bits per heavy atom. The Morgan fingerprint density at radius 3 is 2.60 bits per heavy atom. The van der Waals surface area contributed by atoms with Gasteiger partial charge >= 0.3 is 5.97 Å². The summed E-state index contributed by atoms with van der Waals surface area (Å²) >= 11 is 0.846. The second kappa shape index (κ2) is 6.25. The van der Waals surface area contributed by atoms with Crippen LogP contribution in [-0.4, -0.2) is 31.9 Å². The predicted molar refractivity (Wildman–Crippen MR) is 74.1 cm³/mol. The number of carbonyl (C=O) groups is 1. The third-order valence-corrected chi connectivity index (χ3v) is 3.39. The maximum Gasteiger partial charge on any atom is 0.313 e. The summed E-state index contributed by atoms with van der Waals surface area (Å²) in [7, 11) is 0. The molecule has 0 unspecified atom stereocenters. The van der Waals surface area contributed by atoms with Gasteiger partial charge in [0.25, 0.3) is 5.56 Å². The van der Waals surface area contributed by atoms with Gasteiger partial charge in [-0.05, 0) is 5.56 Å². The number of nitrogens with one attached hydrogen (secondary N) is 1. The van der Waals surface area contributed by atoms with Crippen molar-refractivity contribution in [1.29, 1.82) is 0 Å². The van der Waals surface area contributed by atoms with Crippen LogP contribution < -0.4 is 5.56 Å². The fourth-order valence-corrected chi connectivity index (χ4v) is 2.20. The van der Waals surface area contributed by atoms with Gasteiger partial charge in [0.2, 0.25) is 5.88 Å². The van der Waals surface area contributed by atoms with E-state index in [0.717, 1.165) is 17.3 Å². The van der Waals surface area contributed by atoms with Gasteiger partial charge < -0.3 is 15.2 Å². The second-order valence-electron chi connectivity index (χ2n) is 4.02. The molecule has 0 fully saturated rings. The molecule has 1 aromatic carbocycles. The maximum atomic E-state index is 11.9. The van der Waals surface area contributed by atoms with E-state index in [1.165, 1.54) is 0 Å². The van der Waals surface area contributed by atoms with E-state index in [1.807, 2.05) is 30.3 Å². The Kier molecular flexibility index (Phi) is 4.41. The highest BCUT2D eigenvalue weighted by atomic mass is 32.2. The Balaban J connectivity index is 2.23. The van der Waals surface area contributed by atoms with Crippen LogP contribution in [0.5, 0.6) is 5.88 Å². The van der Waals surface area contributed by atoms with Gasteiger partial charge in [0, 0.05) is 6.42 Å². The fourth-order valence-electron chi connectivity index (χ4n) is 1.62. The molecule has 0 saturated heterocycles. The third kappa shape index (κ3) is 3.61. The highest BCUT2D eigenvalue weighted by Crippen LogP contribution is 2.18. The summed E-state index contributed by atoms with van der Waals surface area (Å²) < 4.78 is 0. The zero-order valence-corrected chi connectivity index (χ0v) is 11.2. The van der Waals surface area contributed by atoms with Crippen molar-refractivity contribution in [1.82, 2.24) is 9.97 Å². The Bertz CT molecular complexity index is 670. The molecule has 0 radical (unpaired) electrons. The zero-order valence-electron chi connectivity index (χ0n) is 10.4. The van der Waals surface area contributed by atoms with Gasteiger partial charge in [-0.15, -0.1) is 0 Å². The number of rotatable bonds is 5. The van der Waals surface area contributed by atoms with Crippen LogP contribution in [0.15, 0.2) is 40.3 Å². The van der Waals surface area contributed by atoms with Gasteiger partial charge in [-0.3, -0.25) is 9.59 Å². The summed E-state index contributed by atoms with van der Waals surface area (Å²) in [5, 5.41) is 18.5. The number of aromatic hydroxyl groups is 1. The van der Waals surface area contributed by atoms with Crippen molar-refractivity contribution < 1.29 is 15.0 Å². The summed E-state index contributed by atoms with van der Waals surface area (Å²) in [5.41, 5.74) is 0.575. The number of carboxylic acids is 1. The first-order valence-corrected chi connectivity index (χ1v) is 6.75. The van der Waals surface area contributed by atoms with Gasteiger partial charge in [0.1, 0.15) is 0 Å². The summed E-state index contributed by atoms with van der Waals surface area (Å²) in [6.07, 6.45) is 0.263. The summed E-state index contributed by atoms with van der Waals surface area (Å²) in [6.45, 7) is 0. The minimum atomic E-state index is -1.02. The van der Waals surface area contributed by atoms with Gasteiger partial charge in [0.05, 0.1) is 11.3 Å². The third-order valence-electron chi connectivity index (χ3n) is 2.53. The van der Waals surface area contributed by atoms with Gasteiger partial charge in [0.15, 0.2) is 5.16 Å². The molecule has 0 atom stereocenters. The number of nitrogens with zero attached hydrogens (tertiary/aromatic N) is 1. The molecule has 6 nitrogen and oxygen atoms in total. The largest absolute Gasteiger partial charge is 0.493 e. The number of aliphatic carboxylic acids is 1. The molecule has 0 amide bonds. The van der Waals surface area contributed by atoms with Crippen LogP contribution in [0, 0.1) is 0 Å². The van der Waals surface area contributed by atoms with Crippen LogP contribution in [0.3, 0.4) is 0 Å². The lowest BCUT2D eigenvalue weighted by Gasteiger charge is -2.05. The molecule has 0 spiro atoms. The van der Waals surface area contributed by atoms with Crippen LogP contribution in [0.2, 0.25) is 0 Å². The molecule has 20 heavy (non-hydrogen) atoms. The van der Waals surface area contributed by atoms with Crippen LogP contribution in [0.4, 0.5) is 0 Å². The molecule has 0 aliphatic heterocycles. The minimum Gasteiger partial charge on any atom is -0.493 e. The van der Waals surface area contributed by atoms with Crippen molar-refractivity contribution in [2.45, 2.75) is 11.6 Å². The fraction of sp³-hybridized carbons (Fsp3) is 0.154. The average molecular weight is 292 g/mol. The first-order chi connectivity index (χ1) is 9.56. The minimum absolute atomic E-state index is 0.0895. The number of aromatic amines is 1. The van der Waals surface area contributed by atoms with Gasteiger partial charge in [-0.25, -0.2) is 0 Å².